The van der Waals surface area contributed by atoms with Crippen LogP contribution < -0.4 is 4.90 Å². The van der Waals surface area contributed by atoms with E-state index < -0.39 is 6.10 Å². The molecule has 2 aromatic rings. The first-order valence-corrected chi connectivity index (χ1v) is 7.00. The van der Waals surface area contributed by atoms with Gasteiger partial charge >= 0.3 is 0 Å². The second-order valence-electron chi connectivity index (χ2n) is 4.19. The van der Waals surface area contributed by atoms with Gasteiger partial charge in [0.15, 0.2) is 0 Å². The van der Waals surface area contributed by atoms with E-state index in [0.29, 0.717) is 0 Å². The molecule has 0 spiro atoms. The smallest absolute Gasteiger partial charge is 0.134 e. The van der Waals surface area contributed by atoms with Crippen molar-refractivity contribution < 1.29 is 5.11 Å². The Bertz CT molecular complexity index is 482. The summed E-state index contributed by atoms with van der Waals surface area (Å²) in [5.41, 5.74) is 0.885. The van der Waals surface area contributed by atoms with Gasteiger partial charge in [-0.15, -0.1) is 11.3 Å². The van der Waals surface area contributed by atoms with Gasteiger partial charge in [0.25, 0.3) is 0 Å². The fourth-order valence-corrected chi connectivity index (χ4v) is 2.65. The topological polar surface area (TPSA) is 36.4 Å². The molecule has 2 rings (SSSR count). The van der Waals surface area contributed by atoms with E-state index >= 15 is 0 Å². The molecule has 0 saturated heterocycles. The molecule has 0 aliphatic heterocycles. The first-order valence-electron chi connectivity index (χ1n) is 6.12. The van der Waals surface area contributed by atoms with Crippen molar-refractivity contribution in [3.05, 3.63) is 46.3 Å². The van der Waals surface area contributed by atoms with E-state index in [-0.39, 0.29) is 0 Å². The molecular formula is C14H18N2OS. The van der Waals surface area contributed by atoms with E-state index in [1.54, 1.807) is 24.5 Å². The van der Waals surface area contributed by atoms with Gasteiger partial charge in [0.1, 0.15) is 5.82 Å². The lowest BCUT2D eigenvalue weighted by Gasteiger charge is -2.24. The third-order valence-corrected chi connectivity index (χ3v) is 3.74. The lowest BCUT2D eigenvalue weighted by molar-refractivity contribution is 0.199. The van der Waals surface area contributed by atoms with Gasteiger partial charge < -0.3 is 10.0 Å². The Balaban J connectivity index is 2.27. The first kappa shape index (κ1) is 13.1. The molecule has 96 valence electrons. The number of aliphatic hydroxyl groups is 1. The molecule has 0 aliphatic carbocycles. The van der Waals surface area contributed by atoms with Crippen LogP contribution in [-0.4, -0.2) is 16.6 Å². The zero-order valence-corrected chi connectivity index (χ0v) is 11.5. The highest BCUT2D eigenvalue weighted by molar-refractivity contribution is 7.09. The fraction of sp³-hybridized carbons (Fsp3) is 0.357. The van der Waals surface area contributed by atoms with Crippen molar-refractivity contribution in [3.63, 3.8) is 0 Å². The van der Waals surface area contributed by atoms with Crippen LogP contribution in [0, 0.1) is 0 Å². The summed E-state index contributed by atoms with van der Waals surface area (Å²) < 4.78 is 0. The molecule has 0 fully saturated rings. The van der Waals surface area contributed by atoms with Gasteiger partial charge in [-0.2, -0.15) is 0 Å². The minimum absolute atomic E-state index is 0.494. The van der Waals surface area contributed by atoms with Crippen LogP contribution in [-0.2, 0) is 6.54 Å². The van der Waals surface area contributed by atoms with E-state index in [1.165, 1.54) is 4.88 Å². The lowest BCUT2D eigenvalue weighted by Crippen LogP contribution is -2.24. The Morgan fingerprint density at radius 2 is 2.22 bits per heavy atom. The summed E-state index contributed by atoms with van der Waals surface area (Å²) in [5, 5.41) is 11.9. The maximum absolute atomic E-state index is 9.81. The Morgan fingerprint density at radius 1 is 1.39 bits per heavy atom. The van der Waals surface area contributed by atoms with Crippen LogP contribution in [0.15, 0.2) is 35.8 Å². The SMILES string of the molecule is CCN(Cc1cccs1)c1ncccc1[C@@H](C)O. The molecule has 4 heteroatoms. The van der Waals surface area contributed by atoms with Gasteiger partial charge in [0.2, 0.25) is 0 Å². The van der Waals surface area contributed by atoms with Crippen LogP contribution in [0.4, 0.5) is 5.82 Å². The Labute approximate surface area is 112 Å². The molecule has 2 heterocycles. The second kappa shape index (κ2) is 5.98. The Kier molecular flexibility index (Phi) is 4.33. The number of hydrogen-bond acceptors (Lipinski definition) is 4. The molecule has 0 unspecified atom stereocenters. The zero-order valence-electron chi connectivity index (χ0n) is 10.7. The number of hydrogen-bond donors (Lipinski definition) is 1. The number of anilines is 1. The summed E-state index contributed by atoms with van der Waals surface area (Å²) in [7, 11) is 0. The van der Waals surface area contributed by atoms with Gasteiger partial charge in [0.05, 0.1) is 12.6 Å². The third kappa shape index (κ3) is 2.89. The summed E-state index contributed by atoms with van der Waals surface area (Å²) in [6, 6.07) is 7.98. The molecule has 1 N–H and O–H groups in total. The summed E-state index contributed by atoms with van der Waals surface area (Å²) in [5.74, 6) is 0.878. The Hall–Kier alpha value is -1.39. The average Bonchev–Trinajstić information content (AvgIpc) is 2.88. The minimum Gasteiger partial charge on any atom is -0.389 e. The molecule has 0 aliphatic rings. The maximum atomic E-state index is 9.81. The van der Waals surface area contributed by atoms with Gasteiger partial charge in [-0.05, 0) is 31.4 Å². The lowest BCUT2D eigenvalue weighted by atomic mass is 10.1. The second-order valence-corrected chi connectivity index (χ2v) is 5.22. The highest BCUT2D eigenvalue weighted by Gasteiger charge is 2.14. The molecule has 18 heavy (non-hydrogen) atoms. The fourth-order valence-electron chi connectivity index (χ4n) is 1.93. The third-order valence-electron chi connectivity index (χ3n) is 2.88. The standard InChI is InChI=1S/C14H18N2OS/c1-3-16(10-12-6-5-9-18-12)14-13(11(2)17)7-4-8-15-14/h4-9,11,17H,3,10H2,1-2H3/t11-/m1/s1. The highest BCUT2D eigenvalue weighted by atomic mass is 32.1. The van der Waals surface area contributed by atoms with Crippen molar-refractivity contribution in [3.8, 4) is 0 Å². The van der Waals surface area contributed by atoms with Crippen LogP contribution in [0.2, 0.25) is 0 Å². The maximum Gasteiger partial charge on any atom is 0.134 e. The molecule has 2 aromatic heterocycles. The highest BCUT2D eigenvalue weighted by Crippen LogP contribution is 2.25. The molecule has 0 amide bonds. The summed E-state index contributed by atoms with van der Waals surface area (Å²) in [4.78, 5) is 7.92. The largest absolute Gasteiger partial charge is 0.389 e. The van der Waals surface area contributed by atoms with Gasteiger partial charge in [-0.25, -0.2) is 4.98 Å². The van der Waals surface area contributed by atoms with Gasteiger partial charge in [0, 0.05) is 23.2 Å². The molecular weight excluding hydrogens is 244 g/mol. The van der Waals surface area contributed by atoms with Crippen LogP contribution in [0.5, 0.6) is 0 Å². The number of aliphatic hydroxyl groups excluding tert-OH is 1. The zero-order chi connectivity index (χ0) is 13.0. The minimum atomic E-state index is -0.494. The predicted octanol–water partition coefficient (Wildman–Crippen LogP) is 3.22. The number of nitrogens with zero attached hydrogens (tertiary/aromatic N) is 2. The van der Waals surface area contributed by atoms with Crippen molar-refractivity contribution >= 4 is 17.2 Å². The van der Waals surface area contributed by atoms with Gasteiger partial charge in [-0.3, -0.25) is 0 Å². The first-order chi connectivity index (χ1) is 8.72. The van der Waals surface area contributed by atoms with E-state index in [9.17, 15) is 5.11 Å². The summed E-state index contributed by atoms with van der Waals surface area (Å²) in [6.07, 6.45) is 1.28. The Morgan fingerprint density at radius 3 is 2.83 bits per heavy atom. The van der Waals surface area contributed by atoms with Crippen LogP contribution in [0.3, 0.4) is 0 Å². The van der Waals surface area contributed by atoms with Crippen LogP contribution >= 0.6 is 11.3 Å². The van der Waals surface area contributed by atoms with E-state index in [0.717, 1.165) is 24.5 Å². The van der Waals surface area contributed by atoms with Crippen LogP contribution in [0.25, 0.3) is 0 Å². The van der Waals surface area contributed by atoms with Crippen molar-refractivity contribution in [2.24, 2.45) is 0 Å². The van der Waals surface area contributed by atoms with Crippen molar-refractivity contribution in [2.75, 3.05) is 11.4 Å². The average molecular weight is 262 g/mol. The van der Waals surface area contributed by atoms with Crippen molar-refractivity contribution in [2.45, 2.75) is 26.5 Å². The molecule has 0 aromatic carbocycles. The quantitative estimate of drug-likeness (QED) is 0.898. The molecule has 1 atom stereocenters. The molecule has 3 nitrogen and oxygen atoms in total. The molecule has 0 saturated carbocycles. The molecule has 0 radical (unpaired) electrons. The number of aromatic nitrogens is 1. The number of thiophene rings is 1. The monoisotopic (exact) mass is 262 g/mol. The summed E-state index contributed by atoms with van der Waals surface area (Å²) in [6.45, 7) is 5.59. The van der Waals surface area contributed by atoms with Gasteiger partial charge in [-0.1, -0.05) is 12.1 Å². The van der Waals surface area contributed by atoms with E-state index in [2.05, 4.69) is 34.3 Å². The van der Waals surface area contributed by atoms with E-state index in [4.69, 9.17) is 0 Å². The normalized spacial score (nSPS) is 12.4. The number of rotatable bonds is 5. The van der Waals surface area contributed by atoms with E-state index in [1.807, 2.05) is 12.1 Å². The predicted molar refractivity (Wildman–Crippen MR) is 75.9 cm³/mol. The number of pyridine rings is 1. The molecule has 0 bridgehead atoms. The van der Waals surface area contributed by atoms with Crippen LogP contribution in [0.1, 0.15) is 30.4 Å². The summed E-state index contributed by atoms with van der Waals surface area (Å²) >= 11 is 1.74. The van der Waals surface area contributed by atoms with Crippen molar-refractivity contribution in [1.82, 2.24) is 4.98 Å². The van der Waals surface area contributed by atoms with Crippen molar-refractivity contribution in [1.29, 1.82) is 0 Å².